The quantitative estimate of drug-likeness (QED) is 0.187. The third-order valence-corrected chi connectivity index (χ3v) is 0.375. The van der Waals surface area contributed by atoms with Crippen LogP contribution in [0.15, 0.2) is 156 Å². The first-order valence-electron chi connectivity index (χ1n) is 9.86. The maximum Gasteiger partial charge on any atom is 0.327 e. The van der Waals surface area contributed by atoms with Crippen molar-refractivity contribution in [1.29, 1.82) is 0 Å². The molecule has 0 fully saturated rings. The Kier molecular flexibility index (Phi) is 2060. The Labute approximate surface area is 233 Å². The molecule has 0 aliphatic rings. The molecule has 0 saturated carbocycles. The lowest BCUT2D eigenvalue weighted by Gasteiger charge is -1.70. The number of aliphatic hydroxyl groups excluding tert-OH is 4. The number of hydrogen-bond acceptors (Lipinski definition) is 5. The highest BCUT2D eigenvalue weighted by atomic mass is 16.4. The van der Waals surface area contributed by atoms with E-state index >= 15 is 0 Å². The van der Waals surface area contributed by atoms with Gasteiger partial charge in [-0.05, 0) is 13.8 Å². The van der Waals surface area contributed by atoms with Crippen LogP contribution in [0.1, 0.15) is 13.8 Å². The number of aliphatic hydroxyl groups is 4. The second-order valence-corrected chi connectivity index (χ2v) is 2.25. The number of hydrogen-bond donors (Lipinski definition) is 5. The Morgan fingerprint density at radius 1 is 0.459 bits per heavy atom. The molecule has 6 heteroatoms. The number of carbonyl (C=O) groups is 1. The highest BCUT2D eigenvalue weighted by Crippen LogP contribution is 1.54. The van der Waals surface area contributed by atoms with Crippen LogP contribution in [-0.2, 0) is 4.79 Å². The average Bonchev–Trinajstić information content (AvgIpc) is 3.03. The molecule has 0 saturated heterocycles. The van der Waals surface area contributed by atoms with Gasteiger partial charge in [0.1, 0.15) is 0 Å². The van der Waals surface area contributed by atoms with Gasteiger partial charge in [0.25, 0.3) is 0 Å². The molecule has 0 aromatic carbocycles. The maximum atomic E-state index is 9.25. The first-order chi connectivity index (χ1) is 17.9. The molecular weight excluding hydrogens is 468 g/mol. The van der Waals surface area contributed by atoms with E-state index in [0.29, 0.717) is 0 Å². The van der Waals surface area contributed by atoms with Gasteiger partial charge < -0.3 is 25.5 Å². The fraction of sp³-hybridized carbons (Fsp3) is 0.194. The third kappa shape index (κ3) is 813000. The van der Waals surface area contributed by atoms with Gasteiger partial charge in [0.2, 0.25) is 0 Å². The largest absolute Gasteiger partial charge is 0.478 e. The van der Waals surface area contributed by atoms with Crippen molar-refractivity contribution in [3.05, 3.63) is 156 Å². The van der Waals surface area contributed by atoms with Crippen molar-refractivity contribution in [2.45, 2.75) is 13.8 Å². The minimum absolute atomic E-state index is 0.125. The van der Waals surface area contributed by atoms with Crippen molar-refractivity contribution < 1.29 is 30.3 Å². The first-order valence-corrected chi connectivity index (χ1v) is 9.86. The summed E-state index contributed by atoms with van der Waals surface area (Å²) in [7, 11) is 0. The Bertz CT molecular complexity index is 240. The zero-order valence-corrected chi connectivity index (χ0v) is 24.6. The van der Waals surface area contributed by atoms with Crippen LogP contribution >= 0.6 is 0 Å². The number of aliphatic carboxylic acids is 1. The standard InChI is InChI=1S/C3H4O2.2C3H6.2C2H6O2.9C2H4/c1-2-3(4)5;2*1-3-2;2*3-1-2-4;9*1-2/h2H,1H2,(H,4,5);2*3H,1H2,2H3;2*3-4H,1-2H2;9*1-2H2. The summed E-state index contributed by atoms with van der Waals surface area (Å²) in [5.41, 5.74) is 0. The Morgan fingerprint density at radius 3 is 0.514 bits per heavy atom. The minimum Gasteiger partial charge on any atom is -0.478 e. The van der Waals surface area contributed by atoms with Crippen molar-refractivity contribution in [1.82, 2.24) is 0 Å². The van der Waals surface area contributed by atoms with Crippen LogP contribution in [0.5, 0.6) is 0 Å². The molecule has 0 aromatic rings. The fourth-order valence-corrected chi connectivity index (χ4v) is 0. The van der Waals surface area contributed by atoms with E-state index in [0.717, 1.165) is 6.08 Å². The predicted molar refractivity (Wildman–Crippen MR) is 179 cm³/mol. The molecule has 0 rings (SSSR count). The fourth-order valence-electron chi connectivity index (χ4n) is 0. The number of carboxylic acid groups (broad SMARTS) is 1. The van der Waals surface area contributed by atoms with Gasteiger partial charge in [-0.1, -0.05) is 18.7 Å². The first kappa shape index (κ1) is 93.4. The van der Waals surface area contributed by atoms with E-state index in [-0.39, 0.29) is 26.4 Å². The van der Waals surface area contributed by atoms with Crippen LogP contribution in [0.25, 0.3) is 0 Å². The molecule has 0 atom stereocenters. The van der Waals surface area contributed by atoms with Gasteiger partial charge in [-0.25, -0.2) is 4.79 Å². The normalized spacial score (nSPS) is 4.16. The molecule has 0 unspecified atom stereocenters. The molecule has 0 amide bonds. The molecule has 0 aliphatic heterocycles. The average molecular weight is 533 g/mol. The van der Waals surface area contributed by atoms with E-state index in [1.807, 2.05) is 13.8 Å². The van der Waals surface area contributed by atoms with Gasteiger partial charge >= 0.3 is 5.97 Å². The molecular formula is C31H64O6. The maximum absolute atomic E-state index is 9.25. The van der Waals surface area contributed by atoms with E-state index in [4.69, 9.17) is 25.5 Å². The van der Waals surface area contributed by atoms with E-state index in [2.05, 4.69) is 138 Å². The second kappa shape index (κ2) is 817. The highest BCUT2D eigenvalue weighted by Gasteiger charge is 1.73. The van der Waals surface area contributed by atoms with E-state index < -0.39 is 5.97 Å². The monoisotopic (exact) mass is 532 g/mol. The van der Waals surface area contributed by atoms with Crippen LogP contribution in [0.4, 0.5) is 0 Å². The van der Waals surface area contributed by atoms with Gasteiger partial charge in [-0.2, -0.15) is 0 Å². The molecule has 0 spiro atoms. The Balaban J connectivity index is -0.0000000131. The molecule has 0 heterocycles. The number of allylic oxidation sites excluding steroid dienone is 2. The lowest BCUT2D eigenvalue weighted by molar-refractivity contribution is -0.131. The SMILES string of the molecule is C=C.C=C.C=C.C=C.C=C.C=C.C=C.C=C.C=C.C=CC.C=CC.C=CC(=O)O.OCCO.OCCO. The van der Waals surface area contributed by atoms with Crippen molar-refractivity contribution in [3.8, 4) is 0 Å². The Morgan fingerprint density at radius 2 is 0.514 bits per heavy atom. The number of carboxylic acids is 1. The lowest BCUT2D eigenvalue weighted by Crippen LogP contribution is -1.85. The zero-order valence-electron chi connectivity index (χ0n) is 24.6. The van der Waals surface area contributed by atoms with E-state index in [1.165, 1.54) is 0 Å². The van der Waals surface area contributed by atoms with Crippen LogP contribution in [0.2, 0.25) is 0 Å². The summed E-state index contributed by atoms with van der Waals surface area (Å²) in [5.74, 6) is -0.981. The summed E-state index contributed by atoms with van der Waals surface area (Å²) in [6.07, 6.45) is 4.33. The van der Waals surface area contributed by atoms with Crippen molar-refractivity contribution in [2.24, 2.45) is 0 Å². The van der Waals surface area contributed by atoms with Crippen LogP contribution in [0.3, 0.4) is 0 Å². The van der Waals surface area contributed by atoms with E-state index in [1.54, 1.807) is 12.2 Å². The summed E-state index contributed by atoms with van der Waals surface area (Å²) >= 11 is 0. The van der Waals surface area contributed by atoms with E-state index in [9.17, 15) is 4.79 Å². The smallest absolute Gasteiger partial charge is 0.327 e. The predicted octanol–water partition coefficient (Wildman–Crippen LogP) is 7.80. The summed E-state index contributed by atoms with van der Waals surface area (Å²) in [6, 6.07) is 0. The van der Waals surface area contributed by atoms with Gasteiger partial charge in [0.05, 0.1) is 26.4 Å². The molecule has 37 heavy (non-hydrogen) atoms. The summed E-state index contributed by atoms with van der Waals surface area (Å²) < 4.78 is 0. The van der Waals surface area contributed by atoms with Gasteiger partial charge in [-0.15, -0.1) is 132 Å². The van der Waals surface area contributed by atoms with Gasteiger partial charge in [0, 0.05) is 6.08 Å². The molecule has 224 valence electrons. The van der Waals surface area contributed by atoms with Crippen molar-refractivity contribution >= 4 is 5.97 Å². The van der Waals surface area contributed by atoms with Crippen LogP contribution < -0.4 is 0 Å². The zero-order chi connectivity index (χ0) is 34.5. The summed E-state index contributed by atoms with van der Waals surface area (Å²) in [6.45, 7) is 67.0. The second-order valence-electron chi connectivity index (χ2n) is 2.25. The molecule has 0 aromatic heterocycles. The van der Waals surface area contributed by atoms with Crippen molar-refractivity contribution in [2.75, 3.05) is 26.4 Å². The van der Waals surface area contributed by atoms with Crippen LogP contribution in [0, 0.1) is 0 Å². The Hall–Kier alpha value is -3.81. The molecule has 0 radical (unpaired) electrons. The van der Waals surface area contributed by atoms with Crippen molar-refractivity contribution in [3.63, 3.8) is 0 Å². The lowest BCUT2D eigenvalue weighted by atomic mass is 10.7. The summed E-state index contributed by atoms with van der Waals surface area (Å²) in [4.78, 5) is 9.25. The highest BCUT2D eigenvalue weighted by molar-refractivity contribution is 5.78. The molecule has 0 bridgehead atoms. The van der Waals surface area contributed by atoms with Gasteiger partial charge in [-0.3, -0.25) is 0 Å². The molecule has 5 N–H and O–H groups in total. The topological polar surface area (TPSA) is 118 Å². The summed E-state index contributed by atoms with van der Waals surface area (Å²) in [5, 5.41) is 38.1. The molecule has 6 nitrogen and oxygen atoms in total. The van der Waals surface area contributed by atoms with Gasteiger partial charge in [0.15, 0.2) is 0 Å². The minimum atomic E-state index is -0.981. The molecule has 0 aliphatic carbocycles. The van der Waals surface area contributed by atoms with Crippen LogP contribution in [-0.4, -0.2) is 57.9 Å². The number of rotatable bonds is 3. The third-order valence-electron chi connectivity index (χ3n) is 0.375.